The Balaban J connectivity index is 1.01. The molecule has 3 aliphatic rings. The molecule has 6 atom stereocenters. The van der Waals surface area contributed by atoms with Gasteiger partial charge >= 0.3 is 5.97 Å². The number of thioether (sulfide) groups is 3. The van der Waals surface area contributed by atoms with E-state index in [1.807, 2.05) is 12.1 Å². The Morgan fingerprint density at radius 1 is 0.971 bits per heavy atom. The van der Waals surface area contributed by atoms with E-state index in [1.54, 1.807) is 0 Å². The maximum atomic E-state index is 12.5. The molecule has 2 nitrogen and oxygen atoms in total. The van der Waals surface area contributed by atoms with Crippen LogP contribution in [0, 0.1) is 5.92 Å². The molecule has 0 aromatic heterocycles. The number of esters is 1. The van der Waals surface area contributed by atoms with Crippen LogP contribution in [0.25, 0.3) is 0 Å². The van der Waals surface area contributed by atoms with Gasteiger partial charge in [0.05, 0.1) is 5.92 Å². The molecule has 6 unspecified atom stereocenters. The lowest BCUT2D eigenvalue weighted by molar-refractivity contribution is -0.139. The van der Waals surface area contributed by atoms with Gasteiger partial charge in [-0.3, -0.25) is 4.79 Å². The molecule has 0 spiro atoms. The Kier molecular flexibility index (Phi) is 10.9. The first-order valence-corrected chi connectivity index (χ1v) is 16.8. The summed E-state index contributed by atoms with van der Waals surface area (Å²) in [6, 6.07) is 8.19. The Labute approximate surface area is 220 Å². The molecule has 3 fully saturated rings. The summed E-state index contributed by atoms with van der Waals surface area (Å²) in [6.07, 6.45) is 16.2. The number of ether oxygens (including phenoxy) is 1. The van der Waals surface area contributed by atoms with E-state index in [2.05, 4.69) is 61.3 Å². The number of carbonyl (C=O) groups excluding carboxylic acids is 1. The summed E-state index contributed by atoms with van der Waals surface area (Å²) in [5.41, 5.74) is 1.29. The lowest BCUT2D eigenvalue weighted by Gasteiger charge is -2.14. The lowest BCUT2D eigenvalue weighted by atomic mass is 10.00. The van der Waals surface area contributed by atoms with Crippen molar-refractivity contribution in [1.29, 1.82) is 0 Å². The Morgan fingerprint density at radius 3 is 2.50 bits per heavy atom. The molecule has 1 aromatic rings. The zero-order valence-electron chi connectivity index (χ0n) is 21.2. The van der Waals surface area contributed by atoms with Crippen LogP contribution < -0.4 is 4.74 Å². The summed E-state index contributed by atoms with van der Waals surface area (Å²) in [6.45, 7) is 4.25. The van der Waals surface area contributed by atoms with Crippen LogP contribution >= 0.6 is 35.3 Å². The zero-order valence-corrected chi connectivity index (χ0v) is 23.7. The molecular formula is C29H44O2S3. The van der Waals surface area contributed by atoms with Crippen LogP contribution in [0.1, 0.15) is 96.5 Å². The average Bonchev–Trinajstić information content (AvgIpc) is 3.73. The summed E-state index contributed by atoms with van der Waals surface area (Å²) in [5, 5.41) is 5.04. The summed E-state index contributed by atoms with van der Waals surface area (Å²) in [5.74, 6) is 2.13. The van der Waals surface area contributed by atoms with Crippen molar-refractivity contribution in [3.8, 4) is 5.75 Å². The smallest absolute Gasteiger partial charge is 0.314 e. The molecule has 3 heterocycles. The predicted octanol–water partition coefficient (Wildman–Crippen LogP) is 8.56. The van der Waals surface area contributed by atoms with Crippen molar-refractivity contribution in [2.24, 2.45) is 5.92 Å². The van der Waals surface area contributed by atoms with Gasteiger partial charge in [0, 0.05) is 32.0 Å². The van der Waals surface area contributed by atoms with Gasteiger partial charge in [-0.05, 0) is 62.6 Å². The van der Waals surface area contributed by atoms with Crippen molar-refractivity contribution in [1.82, 2.24) is 0 Å². The van der Waals surface area contributed by atoms with Crippen LogP contribution in [0.3, 0.4) is 0 Å². The number of unbranched alkanes of at least 4 members (excludes halogenated alkanes) is 5. The molecule has 0 radical (unpaired) electrons. The van der Waals surface area contributed by atoms with E-state index in [0.29, 0.717) is 0 Å². The Morgan fingerprint density at radius 2 is 1.71 bits per heavy atom. The molecule has 3 saturated heterocycles. The SMILES string of the molecule is CCCCC(CC)C(=O)Oc1cccc(CCCCCCCC2SC2CC2SC2CC2CS2)c1. The highest BCUT2D eigenvalue weighted by Gasteiger charge is 2.48. The van der Waals surface area contributed by atoms with Crippen LogP contribution in [0.4, 0.5) is 0 Å². The topological polar surface area (TPSA) is 26.3 Å². The molecule has 190 valence electrons. The Hall–Kier alpha value is -0.260. The van der Waals surface area contributed by atoms with Crippen molar-refractivity contribution in [2.75, 3.05) is 5.75 Å². The minimum absolute atomic E-state index is 0.0314. The number of hydrogen-bond acceptors (Lipinski definition) is 5. The molecular weight excluding hydrogens is 477 g/mol. The lowest BCUT2D eigenvalue weighted by Crippen LogP contribution is -2.20. The molecule has 1 aromatic carbocycles. The number of benzene rings is 1. The summed E-state index contributed by atoms with van der Waals surface area (Å²) < 4.78 is 5.71. The van der Waals surface area contributed by atoms with Gasteiger partial charge in [0.2, 0.25) is 0 Å². The fourth-order valence-electron chi connectivity index (χ4n) is 5.03. The molecule has 0 N–H and O–H groups in total. The van der Waals surface area contributed by atoms with Gasteiger partial charge in [-0.1, -0.05) is 64.5 Å². The summed E-state index contributed by atoms with van der Waals surface area (Å²) >= 11 is 6.69. The number of rotatable bonds is 18. The van der Waals surface area contributed by atoms with Gasteiger partial charge in [0.1, 0.15) is 5.75 Å². The van der Waals surface area contributed by atoms with Gasteiger partial charge in [-0.15, -0.1) is 0 Å². The Bertz CT molecular complexity index is 765. The van der Waals surface area contributed by atoms with Gasteiger partial charge in [0.15, 0.2) is 0 Å². The van der Waals surface area contributed by atoms with E-state index >= 15 is 0 Å². The minimum atomic E-state index is -0.0581. The van der Waals surface area contributed by atoms with Crippen LogP contribution in [-0.4, -0.2) is 38.0 Å². The van der Waals surface area contributed by atoms with Crippen LogP contribution in [0.5, 0.6) is 5.75 Å². The predicted molar refractivity (Wildman–Crippen MR) is 153 cm³/mol. The van der Waals surface area contributed by atoms with E-state index in [9.17, 15) is 4.79 Å². The fraction of sp³-hybridized carbons (Fsp3) is 0.759. The first-order chi connectivity index (χ1) is 16.7. The van der Waals surface area contributed by atoms with Gasteiger partial charge in [0.25, 0.3) is 0 Å². The monoisotopic (exact) mass is 520 g/mol. The normalized spacial score (nSPS) is 27.9. The summed E-state index contributed by atoms with van der Waals surface area (Å²) in [7, 11) is 0. The van der Waals surface area contributed by atoms with E-state index in [4.69, 9.17) is 4.74 Å². The molecule has 0 bridgehead atoms. The largest absolute Gasteiger partial charge is 0.426 e. The van der Waals surface area contributed by atoms with E-state index in [-0.39, 0.29) is 11.9 Å². The average molecular weight is 521 g/mol. The number of hydrogen-bond donors (Lipinski definition) is 0. The molecule has 0 amide bonds. The summed E-state index contributed by atoms with van der Waals surface area (Å²) in [4.78, 5) is 12.5. The van der Waals surface area contributed by atoms with Gasteiger partial charge in [-0.2, -0.15) is 35.3 Å². The second kappa shape index (κ2) is 13.9. The highest BCUT2D eigenvalue weighted by atomic mass is 32.2. The molecule has 34 heavy (non-hydrogen) atoms. The van der Waals surface area contributed by atoms with Crippen LogP contribution in [-0.2, 0) is 11.2 Å². The standard InChI is InChI=1S/C29H44O2S3/c1-3-5-14-22(4-2)29(30)31-23-15-11-13-21(17-23)12-9-7-6-8-10-16-25-27(33-25)19-28-26(34-28)18-24-20-32-24/h11,13,15,17,22,24-28H,3-10,12,14,16,18-20H2,1-2H3. The highest BCUT2D eigenvalue weighted by Crippen LogP contribution is 2.57. The van der Waals surface area contributed by atoms with E-state index < -0.39 is 0 Å². The highest BCUT2D eigenvalue weighted by molar-refractivity contribution is 8.09. The van der Waals surface area contributed by atoms with Gasteiger partial charge < -0.3 is 4.74 Å². The van der Waals surface area contributed by atoms with Crippen molar-refractivity contribution < 1.29 is 9.53 Å². The molecule has 4 rings (SSSR count). The van der Waals surface area contributed by atoms with Crippen molar-refractivity contribution in [2.45, 2.75) is 124 Å². The number of aryl methyl sites for hydroxylation is 1. The third-order valence-electron chi connectivity index (χ3n) is 7.54. The third-order valence-corrected chi connectivity index (χ3v) is 11.4. The first-order valence-electron chi connectivity index (χ1n) is 13.9. The number of carbonyl (C=O) groups is 1. The molecule has 0 saturated carbocycles. The van der Waals surface area contributed by atoms with Crippen LogP contribution in [0.15, 0.2) is 24.3 Å². The minimum Gasteiger partial charge on any atom is -0.426 e. The molecule has 5 heteroatoms. The first kappa shape index (κ1) is 26.8. The molecule has 3 aliphatic heterocycles. The quantitative estimate of drug-likeness (QED) is 0.0836. The second-order valence-electron chi connectivity index (χ2n) is 10.5. The van der Waals surface area contributed by atoms with Crippen molar-refractivity contribution in [3.63, 3.8) is 0 Å². The van der Waals surface area contributed by atoms with Crippen LogP contribution in [0.2, 0.25) is 0 Å². The van der Waals surface area contributed by atoms with Crippen molar-refractivity contribution >= 4 is 41.3 Å². The fourth-order valence-corrected chi connectivity index (χ4v) is 8.36. The molecule has 0 aliphatic carbocycles. The van der Waals surface area contributed by atoms with Crippen molar-refractivity contribution in [3.05, 3.63) is 29.8 Å². The van der Waals surface area contributed by atoms with E-state index in [1.165, 1.54) is 62.7 Å². The maximum absolute atomic E-state index is 12.5. The maximum Gasteiger partial charge on any atom is 0.314 e. The van der Waals surface area contributed by atoms with E-state index in [0.717, 1.165) is 64.1 Å². The third kappa shape index (κ3) is 9.32. The van der Waals surface area contributed by atoms with Gasteiger partial charge in [-0.25, -0.2) is 0 Å². The second-order valence-corrected chi connectivity index (χ2v) is 14.8. The zero-order chi connectivity index (χ0) is 23.8.